The van der Waals surface area contributed by atoms with E-state index in [9.17, 15) is 0 Å². The van der Waals surface area contributed by atoms with E-state index >= 15 is 0 Å². The normalized spacial score (nSPS) is 20.2. The first-order valence-corrected chi connectivity index (χ1v) is 8.23. The fraction of sp³-hybridized carbons (Fsp3) is 0.556. The number of hydrogen-bond acceptors (Lipinski definition) is 3. The van der Waals surface area contributed by atoms with Gasteiger partial charge >= 0.3 is 0 Å². The van der Waals surface area contributed by atoms with E-state index in [0.717, 1.165) is 31.0 Å². The molecule has 3 rings (SSSR count). The third-order valence-electron chi connectivity index (χ3n) is 4.62. The molecule has 1 aliphatic rings. The number of rotatable bonds is 5. The van der Waals surface area contributed by atoms with Gasteiger partial charge in [-0.1, -0.05) is 31.5 Å². The zero-order valence-corrected chi connectivity index (χ0v) is 13.2. The number of nitrogens with zero attached hydrogens (tertiary/aromatic N) is 1. The maximum atomic E-state index is 6.17. The van der Waals surface area contributed by atoms with Gasteiger partial charge in [-0.25, -0.2) is 0 Å². The Hall–Kier alpha value is -1.32. The highest BCUT2D eigenvalue weighted by Gasteiger charge is 2.22. The summed E-state index contributed by atoms with van der Waals surface area (Å²) >= 11 is 0. The Kier molecular flexibility index (Phi) is 4.61. The van der Waals surface area contributed by atoms with Crippen LogP contribution in [-0.2, 0) is 13.1 Å². The van der Waals surface area contributed by atoms with Gasteiger partial charge in [0, 0.05) is 23.5 Å². The summed E-state index contributed by atoms with van der Waals surface area (Å²) in [5, 5.41) is 4.72. The van der Waals surface area contributed by atoms with Crippen LogP contribution in [0.3, 0.4) is 0 Å². The van der Waals surface area contributed by atoms with Crippen LogP contribution in [0, 0.1) is 0 Å². The Morgan fingerprint density at radius 3 is 2.95 bits per heavy atom. The van der Waals surface area contributed by atoms with Crippen molar-refractivity contribution < 1.29 is 4.42 Å². The zero-order chi connectivity index (χ0) is 14.7. The molecule has 0 radical (unpaired) electrons. The molecule has 114 valence electrons. The molecule has 1 N–H and O–H groups in total. The van der Waals surface area contributed by atoms with Gasteiger partial charge in [-0.15, -0.1) is 0 Å². The molecule has 0 aliphatic carbocycles. The summed E-state index contributed by atoms with van der Waals surface area (Å²) in [6.07, 6.45) is 3.98. The van der Waals surface area contributed by atoms with Crippen LogP contribution in [0.1, 0.15) is 44.4 Å². The van der Waals surface area contributed by atoms with Crippen LogP contribution in [0.2, 0.25) is 0 Å². The summed E-state index contributed by atoms with van der Waals surface area (Å²) < 4.78 is 6.17. The molecule has 1 saturated heterocycles. The van der Waals surface area contributed by atoms with E-state index in [2.05, 4.69) is 48.3 Å². The Balaban J connectivity index is 1.88. The van der Waals surface area contributed by atoms with Gasteiger partial charge in [0.15, 0.2) is 0 Å². The molecule has 21 heavy (non-hydrogen) atoms. The molecule has 1 aromatic carbocycles. The minimum Gasteiger partial charge on any atom is -0.459 e. The third kappa shape index (κ3) is 3.14. The molecule has 1 unspecified atom stereocenters. The number of para-hydroxylation sites is 1. The molecular formula is C18H26N2O. The quantitative estimate of drug-likeness (QED) is 0.903. The first-order chi connectivity index (χ1) is 10.3. The van der Waals surface area contributed by atoms with E-state index in [1.807, 2.05) is 0 Å². The van der Waals surface area contributed by atoms with Crippen molar-refractivity contribution in [3.05, 3.63) is 35.6 Å². The van der Waals surface area contributed by atoms with Crippen molar-refractivity contribution in [2.45, 2.75) is 52.2 Å². The number of fused-ring (bicyclic) bond motifs is 1. The van der Waals surface area contributed by atoms with Crippen molar-refractivity contribution in [1.82, 2.24) is 10.2 Å². The van der Waals surface area contributed by atoms with Gasteiger partial charge in [-0.05, 0) is 38.9 Å². The second-order valence-corrected chi connectivity index (χ2v) is 6.10. The number of furan rings is 1. The van der Waals surface area contributed by atoms with Crippen LogP contribution in [0.4, 0.5) is 0 Å². The standard InChI is InChI=1S/C18H26N2O/c1-3-19-12-16-15-9-4-5-10-17(15)21-18(16)13-20-11-7-6-8-14(20)2/h4-5,9-10,14,19H,3,6-8,11-13H2,1-2H3. The van der Waals surface area contributed by atoms with Gasteiger partial charge in [0.25, 0.3) is 0 Å². The summed E-state index contributed by atoms with van der Waals surface area (Å²) in [5.41, 5.74) is 2.36. The van der Waals surface area contributed by atoms with Gasteiger partial charge in [-0.3, -0.25) is 4.90 Å². The minimum atomic E-state index is 0.666. The summed E-state index contributed by atoms with van der Waals surface area (Å²) in [6.45, 7) is 8.50. The van der Waals surface area contributed by atoms with Crippen LogP contribution in [0.25, 0.3) is 11.0 Å². The van der Waals surface area contributed by atoms with Crippen molar-refractivity contribution >= 4 is 11.0 Å². The van der Waals surface area contributed by atoms with Crippen LogP contribution in [0.15, 0.2) is 28.7 Å². The number of piperidine rings is 1. The number of hydrogen-bond donors (Lipinski definition) is 1. The maximum Gasteiger partial charge on any atom is 0.134 e. The highest BCUT2D eigenvalue weighted by molar-refractivity contribution is 5.82. The fourth-order valence-corrected chi connectivity index (χ4v) is 3.30. The first-order valence-electron chi connectivity index (χ1n) is 8.23. The van der Waals surface area contributed by atoms with Crippen LogP contribution >= 0.6 is 0 Å². The molecule has 2 heterocycles. The molecule has 0 spiro atoms. The SMILES string of the molecule is CCNCc1c(CN2CCCCC2C)oc2ccccc12. The van der Waals surface area contributed by atoms with Gasteiger partial charge < -0.3 is 9.73 Å². The van der Waals surface area contributed by atoms with Crippen LogP contribution < -0.4 is 5.32 Å². The topological polar surface area (TPSA) is 28.4 Å². The lowest BCUT2D eigenvalue weighted by atomic mass is 10.0. The van der Waals surface area contributed by atoms with Gasteiger partial charge in [0.05, 0.1) is 6.54 Å². The predicted octanol–water partition coefficient (Wildman–Crippen LogP) is 3.92. The monoisotopic (exact) mass is 286 g/mol. The van der Waals surface area contributed by atoms with E-state index in [1.54, 1.807) is 0 Å². The largest absolute Gasteiger partial charge is 0.459 e. The lowest BCUT2D eigenvalue weighted by Crippen LogP contribution is -2.36. The van der Waals surface area contributed by atoms with Crippen molar-refractivity contribution in [3.8, 4) is 0 Å². The van der Waals surface area contributed by atoms with E-state index in [1.165, 1.54) is 36.8 Å². The van der Waals surface area contributed by atoms with Crippen molar-refractivity contribution in [2.75, 3.05) is 13.1 Å². The summed E-state index contributed by atoms with van der Waals surface area (Å²) in [4.78, 5) is 2.57. The highest BCUT2D eigenvalue weighted by atomic mass is 16.3. The second kappa shape index (κ2) is 6.63. The third-order valence-corrected chi connectivity index (χ3v) is 4.62. The first kappa shape index (κ1) is 14.6. The molecule has 1 atom stereocenters. The number of likely N-dealkylation sites (tertiary alicyclic amines) is 1. The average Bonchev–Trinajstić information content (AvgIpc) is 2.85. The molecule has 2 aromatic rings. The van der Waals surface area contributed by atoms with Crippen LogP contribution in [0.5, 0.6) is 0 Å². The molecule has 1 aromatic heterocycles. The Labute approximate surface area is 127 Å². The summed E-state index contributed by atoms with van der Waals surface area (Å²) in [6, 6.07) is 9.07. The molecule has 1 fully saturated rings. The summed E-state index contributed by atoms with van der Waals surface area (Å²) in [7, 11) is 0. The van der Waals surface area contributed by atoms with E-state index in [-0.39, 0.29) is 0 Å². The number of nitrogens with one attached hydrogen (secondary N) is 1. The highest BCUT2D eigenvalue weighted by Crippen LogP contribution is 2.28. The molecule has 0 bridgehead atoms. The van der Waals surface area contributed by atoms with Crippen molar-refractivity contribution in [1.29, 1.82) is 0 Å². The Morgan fingerprint density at radius 2 is 2.14 bits per heavy atom. The smallest absolute Gasteiger partial charge is 0.134 e. The zero-order valence-electron chi connectivity index (χ0n) is 13.2. The molecule has 0 amide bonds. The van der Waals surface area contributed by atoms with Crippen molar-refractivity contribution in [3.63, 3.8) is 0 Å². The fourth-order valence-electron chi connectivity index (χ4n) is 3.30. The molecular weight excluding hydrogens is 260 g/mol. The van der Waals surface area contributed by atoms with E-state index < -0.39 is 0 Å². The Morgan fingerprint density at radius 1 is 1.29 bits per heavy atom. The molecule has 3 heteroatoms. The average molecular weight is 286 g/mol. The van der Waals surface area contributed by atoms with Crippen LogP contribution in [-0.4, -0.2) is 24.0 Å². The molecule has 0 saturated carbocycles. The lowest BCUT2D eigenvalue weighted by Gasteiger charge is -2.32. The number of benzene rings is 1. The van der Waals surface area contributed by atoms with E-state index in [0.29, 0.717) is 6.04 Å². The molecule has 1 aliphatic heterocycles. The summed E-state index contributed by atoms with van der Waals surface area (Å²) in [5.74, 6) is 1.14. The molecule has 3 nitrogen and oxygen atoms in total. The second-order valence-electron chi connectivity index (χ2n) is 6.10. The Bertz CT molecular complexity index is 590. The van der Waals surface area contributed by atoms with Gasteiger partial charge in [-0.2, -0.15) is 0 Å². The van der Waals surface area contributed by atoms with Gasteiger partial charge in [0.1, 0.15) is 11.3 Å². The van der Waals surface area contributed by atoms with Gasteiger partial charge in [0.2, 0.25) is 0 Å². The lowest BCUT2D eigenvalue weighted by molar-refractivity contribution is 0.142. The maximum absolute atomic E-state index is 6.17. The predicted molar refractivity (Wildman–Crippen MR) is 87.3 cm³/mol. The van der Waals surface area contributed by atoms with E-state index in [4.69, 9.17) is 4.42 Å². The minimum absolute atomic E-state index is 0.666. The van der Waals surface area contributed by atoms with Crippen molar-refractivity contribution in [2.24, 2.45) is 0 Å².